The van der Waals surface area contributed by atoms with Crippen LogP contribution < -0.4 is 0 Å². The molecular formula is C13H17N3OS. The van der Waals surface area contributed by atoms with Crippen molar-refractivity contribution in [1.82, 2.24) is 15.1 Å². The molecule has 2 heterocycles. The Kier molecular flexibility index (Phi) is 4.15. The normalized spacial score (nSPS) is 12.3. The Balaban J connectivity index is 1.88. The van der Waals surface area contributed by atoms with Crippen molar-refractivity contribution in [1.29, 1.82) is 0 Å². The summed E-state index contributed by atoms with van der Waals surface area (Å²) in [4.78, 5) is 15.1. The molecule has 4 nitrogen and oxygen atoms in total. The van der Waals surface area contributed by atoms with Crippen LogP contribution in [0.2, 0.25) is 0 Å². The first-order valence-electron chi connectivity index (χ1n) is 5.95. The molecule has 0 spiro atoms. The summed E-state index contributed by atoms with van der Waals surface area (Å²) < 4.78 is 0. The second-order valence-electron chi connectivity index (χ2n) is 4.30. The molecular weight excluding hydrogens is 246 g/mol. The highest BCUT2D eigenvalue weighted by molar-refractivity contribution is 7.10. The van der Waals surface area contributed by atoms with Gasteiger partial charge in [0.25, 0.3) is 0 Å². The number of aromatic amines is 1. The molecule has 0 aliphatic carbocycles. The Morgan fingerprint density at radius 2 is 2.44 bits per heavy atom. The summed E-state index contributed by atoms with van der Waals surface area (Å²) in [5, 5.41) is 8.66. The number of aromatic nitrogens is 2. The third kappa shape index (κ3) is 2.98. The minimum Gasteiger partial charge on any atom is -0.338 e. The first-order chi connectivity index (χ1) is 8.68. The zero-order chi connectivity index (χ0) is 13.0. The fourth-order valence-electron chi connectivity index (χ4n) is 1.78. The number of aryl methyl sites for hydroxylation is 1. The maximum atomic E-state index is 12.1. The lowest BCUT2D eigenvalue weighted by Crippen LogP contribution is -2.29. The average molecular weight is 263 g/mol. The van der Waals surface area contributed by atoms with Crippen LogP contribution in [0.25, 0.3) is 0 Å². The molecule has 0 radical (unpaired) electrons. The predicted molar refractivity (Wildman–Crippen MR) is 72.4 cm³/mol. The van der Waals surface area contributed by atoms with Crippen molar-refractivity contribution < 1.29 is 4.79 Å². The molecule has 0 aliphatic rings. The molecule has 0 saturated heterocycles. The number of nitrogens with one attached hydrogen (secondary N) is 1. The van der Waals surface area contributed by atoms with Crippen LogP contribution in [-0.2, 0) is 11.2 Å². The summed E-state index contributed by atoms with van der Waals surface area (Å²) in [5.41, 5.74) is 1.07. The molecule has 0 bridgehead atoms. The first-order valence-corrected chi connectivity index (χ1v) is 6.83. The molecule has 96 valence electrons. The van der Waals surface area contributed by atoms with Gasteiger partial charge in [0.2, 0.25) is 5.91 Å². The van der Waals surface area contributed by atoms with Crippen LogP contribution in [0.3, 0.4) is 0 Å². The largest absolute Gasteiger partial charge is 0.338 e. The number of amides is 1. The van der Waals surface area contributed by atoms with E-state index < -0.39 is 0 Å². The molecule has 2 aromatic heterocycles. The van der Waals surface area contributed by atoms with Crippen molar-refractivity contribution in [2.24, 2.45) is 0 Å². The number of hydrogen-bond acceptors (Lipinski definition) is 3. The lowest BCUT2D eigenvalue weighted by molar-refractivity contribution is -0.131. The van der Waals surface area contributed by atoms with Gasteiger partial charge < -0.3 is 4.90 Å². The molecule has 5 heteroatoms. The average Bonchev–Trinajstić information content (AvgIpc) is 3.06. The lowest BCUT2D eigenvalue weighted by Gasteiger charge is -2.24. The Labute approximate surface area is 111 Å². The van der Waals surface area contributed by atoms with Crippen LogP contribution in [0.5, 0.6) is 0 Å². The van der Waals surface area contributed by atoms with Crippen molar-refractivity contribution in [3.63, 3.8) is 0 Å². The molecule has 0 saturated carbocycles. The van der Waals surface area contributed by atoms with Gasteiger partial charge in [0.05, 0.1) is 12.2 Å². The van der Waals surface area contributed by atoms with E-state index in [0.29, 0.717) is 6.42 Å². The lowest BCUT2D eigenvalue weighted by atomic mass is 10.1. The number of H-pyrrole nitrogens is 1. The molecule has 2 aromatic rings. The number of carbonyl (C=O) groups is 1. The second-order valence-corrected chi connectivity index (χ2v) is 5.28. The fourth-order valence-corrected chi connectivity index (χ4v) is 2.60. The third-order valence-corrected chi connectivity index (χ3v) is 4.15. The molecule has 0 aromatic carbocycles. The van der Waals surface area contributed by atoms with E-state index in [0.717, 1.165) is 12.0 Å². The molecule has 0 aliphatic heterocycles. The zero-order valence-corrected chi connectivity index (χ0v) is 11.4. The van der Waals surface area contributed by atoms with Crippen LogP contribution in [-0.4, -0.2) is 28.1 Å². The van der Waals surface area contributed by atoms with Crippen molar-refractivity contribution >= 4 is 17.2 Å². The third-order valence-electron chi connectivity index (χ3n) is 3.11. The molecule has 18 heavy (non-hydrogen) atoms. The van der Waals surface area contributed by atoms with Gasteiger partial charge >= 0.3 is 0 Å². The topological polar surface area (TPSA) is 49.0 Å². The standard InChI is InChI=1S/C13H17N3OS/c1-10(12-4-3-7-18-12)16(2)13(17)6-5-11-8-14-15-9-11/h3-4,7-10H,5-6H2,1-2H3,(H,14,15)/t10-/m1/s1. The highest BCUT2D eigenvalue weighted by Crippen LogP contribution is 2.23. The monoisotopic (exact) mass is 263 g/mol. The van der Waals surface area contributed by atoms with Gasteiger partial charge in [-0.2, -0.15) is 5.10 Å². The SMILES string of the molecule is C[C@H](c1cccs1)N(C)C(=O)CCc1cn[nH]c1. The summed E-state index contributed by atoms with van der Waals surface area (Å²) >= 11 is 1.68. The molecule has 0 fully saturated rings. The molecule has 1 amide bonds. The van der Waals surface area contributed by atoms with Crippen molar-refractivity contribution in [3.8, 4) is 0 Å². The van der Waals surface area contributed by atoms with Crippen LogP contribution in [0.4, 0.5) is 0 Å². The summed E-state index contributed by atoms with van der Waals surface area (Å²) in [6.45, 7) is 2.06. The van der Waals surface area contributed by atoms with Crippen molar-refractivity contribution in [2.75, 3.05) is 7.05 Å². The van der Waals surface area contributed by atoms with Gasteiger partial charge in [-0.05, 0) is 30.4 Å². The minimum atomic E-state index is 0.141. The van der Waals surface area contributed by atoms with Crippen LogP contribution in [0.1, 0.15) is 29.8 Å². The smallest absolute Gasteiger partial charge is 0.223 e. The summed E-state index contributed by atoms with van der Waals surface area (Å²) in [6.07, 6.45) is 4.84. The number of thiophene rings is 1. The van der Waals surface area contributed by atoms with Crippen LogP contribution in [0, 0.1) is 0 Å². The number of rotatable bonds is 5. The Bertz CT molecular complexity index is 478. The summed E-state index contributed by atoms with van der Waals surface area (Å²) in [7, 11) is 1.86. The molecule has 0 unspecified atom stereocenters. The minimum absolute atomic E-state index is 0.141. The molecule has 1 N–H and O–H groups in total. The first kappa shape index (κ1) is 12.8. The van der Waals surface area contributed by atoms with Crippen molar-refractivity contribution in [3.05, 3.63) is 40.3 Å². The second kappa shape index (κ2) is 5.82. The van der Waals surface area contributed by atoms with Gasteiger partial charge in [-0.15, -0.1) is 11.3 Å². The van der Waals surface area contributed by atoms with Crippen molar-refractivity contribution in [2.45, 2.75) is 25.8 Å². The molecule has 2 rings (SSSR count). The van der Waals surface area contributed by atoms with E-state index in [9.17, 15) is 4.79 Å². The van der Waals surface area contributed by atoms with E-state index in [1.807, 2.05) is 29.6 Å². The van der Waals surface area contributed by atoms with Gasteiger partial charge in [-0.1, -0.05) is 6.07 Å². The number of hydrogen-bond donors (Lipinski definition) is 1. The van der Waals surface area contributed by atoms with Gasteiger partial charge in [-0.25, -0.2) is 0 Å². The Morgan fingerprint density at radius 1 is 1.61 bits per heavy atom. The Hall–Kier alpha value is -1.62. The van der Waals surface area contributed by atoms with E-state index >= 15 is 0 Å². The zero-order valence-electron chi connectivity index (χ0n) is 10.6. The maximum absolute atomic E-state index is 12.1. The van der Waals surface area contributed by atoms with E-state index in [-0.39, 0.29) is 11.9 Å². The van der Waals surface area contributed by atoms with E-state index in [4.69, 9.17) is 0 Å². The van der Waals surface area contributed by atoms with E-state index in [1.54, 1.807) is 17.5 Å². The fraction of sp³-hybridized carbons (Fsp3) is 0.385. The maximum Gasteiger partial charge on any atom is 0.223 e. The number of nitrogens with zero attached hydrogens (tertiary/aromatic N) is 2. The van der Waals surface area contributed by atoms with Gasteiger partial charge in [0.15, 0.2) is 0 Å². The van der Waals surface area contributed by atoms with Gasteiger partial charge in [-0.3, -0.25) is 9.89 Å². The quantitative estimate of drug-likeness (QED) is 0.901. The Morgan fingerprint density at radius 3 is 3.06 bits per heavy atom. The van der Waals surface area contributed by atoms with Crippen LogP contribution >= 0.6 is 11.3 Å². The highest BCUT2D eigenvalue weighted by atomic mass is 32.1. The summed E-state index contributed by atoms with van der Waals surface area (Å²) in [6, 6.07) is 4.22. The molecule has 1 atom stereocenters. The number of carbonyl (C=O) groups excluding carboxylic acids is 1. The predicted octanol–water partition coefficient (Wildman–Crippen LogP) is 2.62. The summed E-state index contributed by atoms with van der Waals surface area (Å²) in [5.74, 6) is 0.164. The van der Waals surface area contributed by atoms with Gasteiger partial charge in [0.1, 0.15) is 0 Å². The van der Waals surface area contributed by atoms with E-state index in [2.05, 4.69) is 23.2 Å². The van der Waals surface area contributed by atoms with Crippen LogP contribution in [0.15, 0.2) is 29.9 Å². The highest BCUT2D eigenvalue weighted by Gasteiger charge is 2.17. The van der Waals surface area contributed by atoms with E-state index in [1.165, 1.54) is 4.88 Å². The van der Waals surface area contributed by atoms with Gasteiger partial charge in [0, 0.05) is 24.5 Å².